The number of aliphatic hydroxyl groups is 1. The van der Waals surface area contributed by atoms with E-state index in [4.69, 9.17) is 0 Å². The third kappa shape index (κ3) is 1.79. The maximum absolute atomic E-state index is 11.7. The topological polar surface area (TPSA) is 37.3 Å². The van der Waals surface area contributed by atoms with Crippen molar-refractivity contribution >= 4 is 5.78 Å². The number of allylic oxidation sites excluding steroid dienone is 5. The summed E-state index contributed by atoms with van der Waals surface area (Å²) in [4.78, 5) is 11.7. The summed E-state index contributed by atoms with van der Waals surface area (Å²) in [5, 5.41) is 10.6. The Balaban J connectivity index is 1.73. The molecule has 22 heavy (non-hydrogen) atoms. The van der Waals surface area contributed by atoms with Gasteiger partial charge in [-0.15, -0.1) is 0 Å². The quantitative estimate of drug-likeness (QED) is 0.690. The number of fused-ring (bicyclic) bond motifs is 5. The van der Waals surface area contributed by atoms with Crippen molar-refractivity contribution in [1.29, 1.82) is 0 Å². The molecule has 2 nitrogen and oxygen atoms in total. The van der Waals surface area contributed by atoms with Crippen LogP contribution in [-0.2, 0) is 4.79 Å². The Hall–Kier alpha value is -1.15. The van der Waals surface area contributed by atoms with Crippen molar-refractivity contribution in [2.24, 2.45) is 28.6 Å². The van der Waals surface area contributed by atoms with E-state index in [1.807, 2.05) is 6.08 Å². The van der Waals surface area contributed by atoms with E-state index < -0.39 is 0 Å². The molecule has 0 saturated heterocycles. The average molecular weight is 298 g/mol. The number of aliphatic hydroxyl groups excluding tert-OH is 1. The van der Waals surface area contributed by atoms with Gasteiger partial charge in [-0.3, -0.25) is 4.79 Å². The van der Waals surface area contributed by atoms with Crippen LogP contribution in [0, 0.1) is 28.6 Å². The van der Waals surface area contributed by atoms with E-state index >= 15 is 0 Å². The molecule has 0 heterocycles. The third-order valence-corrected chi connectivity index (χ3v) is 7.32. The number of rotatable bonds is 0. The summed E-state index contributed by atoms with van der Waals surface area (Å²) >= 11 is 0. The van der Waals surface area contributed by atoms with Crippen molar-refractivity contribution < 1.29 is 9.90 Å². The van der Waals surface area contributed by atoms with Gasteiger partial charge >= 0.3 is 0 Å². The van der Waals surface area contributed by atoms with Crippen LogP contribution in [0.15, 0.2) is 36.0 Å². The molecule has 0 bridgehead atoms. The van der Waals surface area contributed by atoms with Crippen LogP contribution in [-0.4, -0.2) is 17.0 Å². The molecule has 0 spiro atoms. The molecule has 0 aromatic carbocycles. The number of carbonyl (C=O) groups excluding carboxylic acids is 1. The number of hydrogen-bond acceptors (Lipinski definition) is 2. The summed E-state index contributed by atoms with van der Waals surface area (Å²) in [5.74, 6) is 1.87. The van der Waals surface area contributed by atoms with Gasteiger partial charge in [0.05, 0.1) is 6.10 Å². The summed E-state index contributed by atoms with van der Waals surface area (Å²) in [6.45, 7) is 4.61. The van der Waals surface area contributed by atoms with Gasteiger partial charge in [-0.25, -0.2) is 0 Å². The Morgan fingerprint density at radius 2 is 2.09 bits per heavy atom. The molecule has 4 aliphatic carbocycles. The van der Waals surface area contributed by atoms with E-state index in [9.17, 15) is 9.90 Å². The molecule has 118 valence electrons. The Bertz CT molecular complexity index is 599. The minimum atomic E-state index is -0.198. The Labute approximate surface area is 133 Å². The van der Waals surface area contributed by atoms with Crippen LogP contribution in [0.5, 0.6) is 0 Å². The summed E-state index contributed by atoms with van der Waals surface area (Å²) in [6, 6.07) is 0. The molecule has 2 fully saturated rings. The predicted octanol–water partition coefficient (Wildman–Crippen LogP) is 3.82. The largest absolute Gasteiger partial charge is 0.392 e. The molecular formula is C20H26O2. The second-order valence-electron chi connectivity index (χ2n) is 8.25. The highest BCUT2D eigenvalue weighted by atomic mass is 16.3. The van der Waals surface area contributed by atoms with Crippen molar-refractivity contribution in [1.82, 2.24) is 0 Å². The molecule has 0 aromatic rings. The molecule has 0 radical (unpaired) electrons. The summed E-state index contributed by atoms with van der Waals surface area (Å²) < 4.78 is 0. The molecule has 6 atom stereocenters. The minimum Gasteiger partial charge on any atom is -0.392 e. The molecular weight excluding hydrogens is 272 g/mol. The third-order valence-electron chi connectivity index (χ3n) is 7.32. The minimum absolute atomic E-state index is 0.0433. The summed E-state index contributed by atoms with van der Waals surface area (Å²) in [7, 11) is 0. The van der Waals surface area contributed by atoms with Gasteiger partial charge in [-0.2, -0.15) is 0 Å². The van der Waals surface area contributed by atoms with Gasteiger partial charge in [0.25, 0.3) is 0 Å². The van der Waals surface area contributed by atoms with Crippen LogP contribution in [0.4, 0.5) is 0 Å². The number of carbonyl (C=O) groups is 1. The Morgan fingerprint density at radius 3 is 2.91 bits per heavy atom. The summed E-state index contributed by atoms with van der Waals surface area (Å²) in [5.41, 5.74) is 1.43. The van der Waals surface area contributed by atoms with Gasteiger partial charge < -0.3 is 5.11 Å². The van der Waals surface area contributed by atoms with Crippen LogP contribution < -0.4 is 0 Å². The molecule has 2 heteroatoms. The zero-order valence-corrected chi connectivity index (χ0v) is 13.6. The molecule has 4 rings (SSSR count). The molecule has 0 amide bonds. The van der Waals surface area contributed by atoms with Crippen LogP contribution in [0.25, 0.3) is 0 Å². The van der Waals surface area contributed by atoms with Gasteiger partial charge in [-0.05, 0) is 62.0 Å². The van der Waals surface area contributed by atoms with Crippen molar-refractivity contribution in [2.45, 2.75) is 52.1 Å². The molecule has 0 aromatic heterocycles. The van der Waals surface area contributed by atoms with Gasteiger partial charge in [-0.1, -0.05) is 37.6 Å². The maximum atomic E-state index is 11.7. The van der Waals surface area contributed by atoms with E-state index in [2.05, 4.69) is 32.1 Å². The molecule has 0 unspecified atom stereocenters. The smallest absolute Gasteiger partial charge is 0.178 e. The highest BCUT2D eigenvalue weighted by Crippen LogP contribution is 2.62. The van der Waals surface area contributed by atoms with E-state index in [-0.39, 0.29) is 22.7 Å². The van der Waals surface area contributed by atoms with Crippen LogP contribution in [0.3, 0.4) is 0 Å². The van der Waals surface area contributed by atoms with Crippen LogP contribution in [0.2, 0.25) is 0 Å². The lowest BCUT2D eigenvalue weighted by Gasteiger charge is -2.59. The lowest BCUT2D eigenvalue weighted by Crippen LogP contribution is -2.53. The molecule has 2 saturated carbocycles. The first-order valence-corrected chi connectivity index (χ1v) is 8.74. The van der Waals surface area contributed by atoms with Gasteiger partial charge in [0, 0.05) is 10.8 Å². The second kappa shape index (κ2) is 4.67. The zero-order chi connectivity index (χ0) is 15.5. The van der Waals surface area contributed by atoms with E-state index in [0.717, 1.165) is 32.1 Å². The SMILES string of the molecule is C[C@]12CC[C@H]3[C@@H](CCC4=CC(=O)C=C[C@@]43C)[C@@H]1C=CC[C@@H]2O. The lowest BCUT2D eigenvalue weighted by molar-refractivity contribution is -0.111. The van der Waals surface area contributed by atoms with Crippen molar-refractivity contribution in [3.8, 4) is 0 Å². The second-order valence-corrected chi connectivity index (χ2v) is 8.25. The molecule has 0 aliphatic heterocycles. The predicted molar refractivity (Wildman–Crippen MR) is 87.1 cm³/mol. The highest BCUT2D eigenvalue weighted by Gasteiger charge is 2.55. The van der Waals surface area contributed by atoms with Crippen LogP contribution >= 0.6 is 0 Å². The normalized spacial score (nSPS) is 50.0. The molecule has 4 aliphatic rings. The molecule has 1 N–H and O–H groups in total. The van der Waals surface area contributed by atoms with Gasteiger partial charge in [0.15, 0.2) is 5.78 Å². The fraction of sp³-hybridized carbons (Fsp3) is 0.650. The van der Waals surface area contributed by atoms with Crippen molar-refractivity contribution in [3.63, 3.8) is 0 Å². The highest BCUT2D eigenvalue weighted by molar-refractivity contribution is 6.01. The first kappa shape index (κ1) is 14.4. The Kier molecular flexibility index (Phi) is 3.07. The van der Waals surface area contributed by atoms with Crippen LogP contribution in [0.1, 0.15) is 46.0 Å². The standard InChI is InChI=1S/C20H26O2/c1-19-10-8-14(21)12-13(19)6-7-15-16-4-3-5-18(22)20(16,2)11-9-17(15)19/h3-4,8,10,12,15-18,22H,5-7,9,11H2,1-2H3/t15-,16-,17-,18-,19-,20-/m0/s1. The monoisotopic (exact) mass is 298 g/mol. The average Bonchev–Trinajstić information content (AvgIpc) is 2.49. The first-order chi connectivity index (χ1) is 10.4. The Morgan fingerprint density at radius 1 is 1.27 bits per heavy atom. The maximum Gasteiger partial charge on any atom is 0.178 e. The first-order valence-electron chi connectivity index (χ1n) is 8.74. The summed E-state index contributed by atoms with van der Waals surface area (Å²) in [6.07, 6.45) is 15.5. The van der Waals surface area contributed by atoms with Gasteiger partial charge in [0.1, 0.15) is 0 Å². The zero-order valence-electron chi connectivity index (χ0n) is 13.6. The number of hydrogen-bond donors (Lipinski definition) is 1. The van der Waals surface area contributed by atoms with E-state index in [1.165, 1.54) is 5.57 Å². The van der Waals surface area contributed by atoms with E-state index in [0.29, 0.717) is 17.8 Å². The van der Waals surface area contributed by atoms with E-state index in [1.54, 1.807) is 6.08 Å². The van der Waals surface area contributed by atoms with Gasteiger partial charge in [0.2, 0.25) is 0 Å². The van der Waals surface area contributed by atoms with Crippen molar-refractivity contribution in [3.05, 3.63) is 36.0 Å². The fourth-order valence-electron chi connectivity index (χ4n) is 5.85. The fourth-order valence-corrected chi connectivity index (χ4v) is 5.85. The number of ketones is 1. The van der Waals surface area contributed by atoms with Crippen molar-refractivity contribution in [2.75, 3.05) is 0 Å². The lowest BCUT2D eigenvalue weighted by atomic mass is 9.46.